The van der Waals surface area contributed by atoms with Crippen molar-refractivity contribution in [2.75, 3.05) is 12.4 Å². The predicted octanol–water partition coefficient (Wildman–Crippen LogP) is 5.19. The van der Waals surface area contributed by atoms with E-state index in [1.165, 1.54) is 6.07 Å². The van der Waals surface area contributed by atoms with Crippen LogP contribution in [0.1, 0.15) is 31.9 Å². The molecule has 2 N–H and O–H groups in total. The van der Waals surface area contributed by atoms with Gasteiger partial charge in [-0.3, -0.25) is 0 Å². The number of halogens is 2. The van der Waals surface area contributed by atoms with E-state index in [-0.39, 0.29) is 17.5 Å². The van der Waals surface area contributed by atoms with Gasteiger partial charge in [0.15, 0.2) is 5.11 Å². The van der Waals surface area contributed by atoms with Crippen molar-refractivity contribution in [1.29, 1.82) is 0 Å². The average Bonchev–Trinajstić information content (AvgIpc) is 2.55. The van der Waals surface area contributed by atoms with Crippen LogP contribution in [0.3, 0.4) is 0 Å². The van der Waals surface area contributed by atoms with Crippen LogP contribution in [0, 0.1) is 5.82 Å². The van der Waals surface area contributed by atoms with Gasteiger partial charge in [0.05, 0.1) is 18.8 Å². The van der Waals surface area contributed by atoms with Crippen molar-refractivity contribution in [3.05, 3.63) is 52.3 Å². The largest absolute Gasteiger partial charge is 0.497 e. The second kappa shape index (κ2) is 7.40. The molecule has 7 heteroatoms. The second-order valence-corrected chi connectivity index (χ2v) is 8.07. The van der Waals surface area contributed by atoms with Crippen molar-refractivity contribution >= 4 is 38.9 Å². The first-order valence-electron chi connectivity index (χ1n) is 8.17. The van der Waals surface area contributed by atoms with Gasteiger partial charge in [-0.05, 0) is 56.4 Å². The minimum Gasteiger partial charge on any atom is -0.497 e. The van der Waals surface area contributed by atoms with Gasteiger partial charge in [0, 0.05) is 22.5 Å². The number of hydrogen-bond acceptors (Lipinski definition) is 3. The normalized spacial score (nSPS) is 17.7. The lowest BCUT2D eigenvalue weighted by Crippen LogP contribution is -2.42. The quantitative estimate of drug-likeness (QED) is 0.645. The summed E-state index contributed by atoms with van der Waals surface area (Å²) in [6, 6.07) is 10.5. The molecule has 0 saturated heterocycles. The van der Waals surface area contributed by atoms with Crippen LogP contribution < -0.4 is 20.1 Å². The monoisotopic (exact) mass is 438 g/mol. The molecular formula is C19H20BrFN2O2S. The molecule has 1 aliphatic heterocycles. The smallest absolute Gasteiger partial charge is 0.171 e. The maximum atomic E-state index is 14.0. The fraction of sp³-hybridized carbons (Fsp3) is 0.316. The van der Waals surface area contributed by atoms with Gasteiger partial charge < -0.3 is 20.1 Å². The van der Waals surface area contributed by atoms with Gasteiger partial charge in [-0.2, -0.15) is 0 Å². The van der Waals surface area contributed by atoms with Crippen molar-refractivity contribution in [2.24, 2.45) is 0 Å². The number of ether oxygens (including phenoxy) is 2. The summed E-state index contributed by atoms with van der Waals surface area (Å²) in [4.78, 5) is 0. The molecule has 2 aromatic rings. The van der Waals surface area contributed by atoms with Crippen LogP contribution in [0.25, 0.3) is 0 Å². The van der Waals surface area contributed by atoms with Gasteiger partial charge in [-0.1, -0.05) is 15.9 Å². The Balaban J connectivity index is 1.79. The molecule has 0 bridgehead atoms. The molecule has 0 spiro atoms. The van der Waals surface area contributed by atoms with E-state index >= 15 is 0 Å². The third-order valence-electron chi connectivity index (χ3n) is 4.16. The lowest BCUT2D eigenvalue weighted by atomic mass is 9.89. The molecule has 2 aromatic carbocycles. The standard InChI is InChI=1S/C19H20BrFN2O2S/c1-19(2)10-16(13-6-5-12(24-3)9-17(13)25-19)23-18(26)22-15-7-4-11(20)8-14(15)21/h4-9,16H,10H2,1-3H3,(H2,22,23,26). The topological polar surface area (TPSA) is 42.5 Å². The first-order chi connectivity index (χ1) is 12.3. The van der Waals surface area contributed by atoms with Crippen LogP contribution in [-0.4, -0.2) is 17.8 Å². The number of thiocarbonyl (C=S) groups is 1. The Labute approximate surface area is 166 Å². The molecule has 0 fully saturated rings. The highest BCUT2D eigenvalue weighted by molar-refractivity contribution is 9.10. The summed E-state index contributed by atoms with van der Waals surface area (Å²) in [6.45, 7) is 4.05. The summed E-state index contributed by atoms with van der Waals surface area (Å²) in [6.07, 6.45) is 0.719. The molecule has 0 aliphatic carbocycles. The number of nitrogens with one attached hydrogen (secondary N) is 2. The van der Waals surface area contributed by atoms with Crippen molar-refractivity contribution < 1.29 is 13.9 Å². The molecule has 1 aliphatic rings. The predicted molar refractivity (Wildman–Crippen MR) is 109 cm³/mol. The number of benzene rings is 2. The number of fused-ring (bicyclic) bond motifs is 1. The molecule has 1 atom stereocenters. The van der Waals surface area contributed by atoms with Crippen molar-refractivity contribution in [3.8, 4) is 11.5 Å². The second-order valence-electron chi connectivity index (χ2n) is 6.74. The maximum Gasteiger partial charge on any atom is 0.171 e. The van der Waals surface area contributed by atoms with E-state index in [0.29, 0.717) is 15.3 Å². The molecule has 0 saturated carbocycles. The van der Waals surface area contributed by atoms with E-state index in [9.17, 15) is 4.39 Å². The summed E-state index contributed by atoms with van der Waals surface area (Å²) in [5, 5.41) is 6.56. The van der Waals surface area contributed by atoms with Gasteiger partial charge in [-0.15, -0.1) is 0 Å². The Kier molecular flexibility index (Phi) is 5.39. The Bertz CT molecular complexity index is 844. The molecule has 0 amide bonds. The average molecular weight is 439 g/mol. The Morgan fingerprint density at radius 3 is 2.77 bits per heavy atom. The number of methoxy groups -OCH3 is 1. The molecule has 4 nitrogen and oxygen atoms in total. The zero-order chi connectivity index (χ0) is 18.9. The molecule has 1 unspecified atom stereocenters. The van der Waals surface area contributed by atoms with Gasteiger partial charge in [-0.25, -0.2) is 4.39 Å². The lowest BCUT2D eigenvalue weighted by Gasteiger charge is -2.38. The van der Waals surface area contributed by atoms with Crippen LogP contribution in [0.5, 0.6) is 11.5 Å². The van der Waals surface area contributed by atoms with E-state index in [2.05, 4.69) is 26.6 Å². The van der Waals surface area contributed by atoms with Crippen LogP contribution in [0.15, 0.2) is 40.9 Å². The number of rotatable bonds is 3. The third kappa shape index (κ3) is 4.27. The molecule has 0 radical (unpaired) electrons. The van der Waals surface area contributed by atoms with Crippen molar-refractivity contribution in [3.63, 3.8) is 0 Å². The van der Waals surface area contributed by atoms with Crippen molar-refractivity contribution in [2.45, 2.75) is 31.9 Å². The van der Waals surface area contributed by atoms with Crippen LogP contribution in [0.4, 0.5) is 10.1 Å². The molecule has 3 rings (SSSR count). The van der Waals surface area contributed by atoms with E-state index in [0.717, 1.165) is 23.5 Å². The molecule has 26 heavy (non-hydrogen) atoms. The summed E-state index contributed by atoms with van der Waals surface area (Å²) in [5.41, 5.74) is 0.952. The first kappa shape index (κ1) is 18.9. The fourth-order valence-electron chi connectivity index (χ4n) is 3.00. The van der Waals surface area contributed by atoms with E-state index < -0.39 is 0 Å². The SMILES string of the molecule is COc1ccc2c(c1)OC(C)(C)CC2NC(=S)Nc1ccc(Br)cc1F. The highest BCUT2D eigenvalue weighted by Gasteiger charge is 2.34. The highest BCUT2D eigenvalue weighted by Crippen LogP contribution is 2.41. The lowest BCUT2D eigenvalue weighted by molar-refractivity contribution is 0.0693. The van der Waals surface area contributed by atoms with E-state index in [4.69, 9.17) is 21.7 Å². The molecule has 138 valence electrons. The maximum absolute atomic E-state index is 14.0. The Morgan fingerprint density at radius 2 is 2.08 bits per heavy atom. The van der Waals surface area contributed by atoms with Crippen LogP contribution in [-0.2, 0) is 0 Å². The van der Waals surface area contributed by atoms with E-state index in [1.807, 2.05) is 32.0 Å². The fourth-order valence-corrected chi connectivity index (χ4v) is 3.58. The molecule has 0 aromatic heterocycles. The first-order valence-corrected chi connectivity index (χ1v) is 9.37. The van der Waals surface area contributed by atoms with E-state index in [1.54, 1.807) is 19.2 Å². The number of hydrogen-bond donors (Lipinski definition) is 2. The van der Waals surface area contributed by atoms with Gasteiger partial charge in [0.1, 0.15) is 22.9 Å². The number of anilines is 1. The minimum absolute atomic E-state index is 0.0573. The van der Waals surface area contributed by atoms with Crippen LogP contribution >= 0.6 is 28.1 Å². The minimum atomic E-state index is -0.374. The Morgan fingerprint density at radius 1 is 1.31 bits per heavy atom. The highest BCUT2D eigenvalue weighted by atomic mass is 79.9. The van der Waals surface area contributed by atoms with Gasteiger partial charge in [0.2, 0.25) is 0 Å². The van der Waals surface area contributed by atoms with Crippen molar-refractivity contribution in [1.82, 2.24) is 5.32 Å². The zero-order valence-electron chi connectivity index (χ0n) is 14.7. The summed E-state index contributed by atoms with van der Waals surface area (Å²) in [7, 11) is 1.62. The molecular weight excluding hydrogens is 419 g/mol. The third-order valence-corrected chi connectivity index (χ3v) is 4.88. The summed E-state index contributed by atoms with van der Waals surface area (Å²) in [5.74, 6) is 1.12. The zero-order valence-corrected chi connectivity index (χ0v) is 17.1. The summed E-state index contributed by atoms with van der Waals surface area (Å²) < 4.78 is 26.1. The van der Waals surface area contributed by atoms with Crippen LogP contribution in [0.2, 0.25) is 0 Å². The van der Waals surface area contributed by atoms with Gasteiger partial charge in [0.25, 0.3) is 0 Å². The van der Waals surface area contributed by atoms with Gasteiger partial charge >= 0.3 is 0 Å². The Hall–Kier alpha value is -1.86. The summed E-state index contributed by atoms with van der Waals surface area (Å²) >= 11 is 8.64. The molecule has 1 heterocycles.